The number of hydrogen-bond acceptors (Lipinski definition) is 7. The molecule has 0 amide bonds. The maximum absolute atomic E-state index is 10.2. The number of ether oxygens (including phenoxy) is 1. The summed E-state index contributed by atoms with van der Waals surface area (Å²) in [5.41, 5.74) is 6.51. The molecule has 1 atom stereocenters. The van der Waals surface area contributed by atoms with E-state index in [1.54, 1.807) is 11.2 Å². The van der Waals surface area contributed by atoms with E-state index in [-0.39, 0.29) is 12.6 Å². The fourth-order valence-electron chi connectivity index (χ4n) is 1.58. The van der Waals surface area contributed by atoms with Crippen molar-refractivity contribution in [3.8, 4) is 0 Å². The maximum atomic E-state index is 10.2. The molecule has 21 heavy (non-hydrogen) atoms. The SMILES string of the molecule is C=CN(/C=N\[N+](=O)[O-])CC1=CN(C(CO)COCC)NN1. The molecular formula is C11H20N6O4. The highest BCUT2D eigenvalue weighted by Crippen LogP contribution is 2.06. The van der Waals surface area contributed by atoms with Crippen LogP contribution in [0.1, 0.15) is 6.92 Å². The fraction of sp³-hybridized carbons (Fsp3) is 0.545. The minimum atomic E-state index is -0.790. The van der Waals surface area contributed by atoms with E-state index in [2.05, 4.69) is 22.6 Å². The van der Waals surface area contributed by atoms with Crippen LogP contribution in [-0.4, -0.2) is 58.8 Å². The average Bonchev–Trinajstić information content (AvgIpc) is 2.92. The lowest BCUT2D eigenvalue weighted by molar-refractivity contribution is -0.484. The molecule has 0 bridgehead atoms. The first-order chi connectivity index (χ1) is 10.1. The van der Waals surface area contributed by atoms with Gasteiger partial charge in [-0.3, -0.25) is 5.01 Å². The van der Waals surface area contributed by atoms with E-state index in [4.69, 9.17) is 4.74 Å². The summed E-state index contributed by atoms with van der Waals surface area (Å²) in [7, 11) is 0. The van der Waals surface area contributed by atoms with E-state index in [9.17, 15) is 15.2 Å². The van der Waals surface area contributed by atoms with Gasteiger partial charge in [0.1, 0.15) is 0 Å². The highest BCUT2D eigenvalue weighted by Gasteiger charge is 2.20. The molecule has 0 aromatic carbocycles. The second-order valence-electron chi connectivity index (χ2n) is 4.12. The lowest BCUT2D eigenvalue weighted by Gasteiger charge is -2.24. The van der Waals surface area contributed by atoms with Crippen LogP contribution in [0.25, 0.3) is 0 Å². The van der Waals surface area contributed by atoms with Gasteiger partial charge in [0.2, 0.25) is 0 Å². The zero-order valence-electron chi connectivity index (χ0n) is 11.8. The number of hydrazone groups is 1. The van der Waals surface area contributed by atoms with Gasteiger partial charge in [0.05, 0.1) is 36.6 Å². The Kier molecular flexibility index (Phi) is 7.15. The summed E-state index contributed by atoms with van der Waals surface area (Å²) in [6.07, 6.45) is 4.24. The van der Waals surface area contributed by atoms with Gasteiger partial charge < -0.3 is 20.2 Å². The van der Waals surface area contributed by atoms with E-state index in [1.165, 1.54) is 11.1 Å². The predicted molar refractivity (Wildman–Crippen MR) is 75.9 cm³/mol. The van der Waals surface area contributed by atoms with Gasteiger partial charge in [-0.25, -0.2) is 10.1 Å². The number of hydrogen-bond donors (Lipinski definition) is 3. The second-order valence-corrected chi connectivity index (χ2v) is 4.12. The van der Waals surface area contributed by atoms with E-state index in [1.807, 2.05) is 6.92 Å². The van der Waals surface area contributed by atoms with Gasteiger partial charge in [-0.2, -0.15) is 0 Å². The van der Waals surface area contributed by atoms with Gasteiger partial charge >= 0.3 is 0 Å². The molecule has 0 saturated heterocycles. The van der Waals surface area contributed by atoms with Crippen LogP contribution in [0, 0.1) is 10.1 Å². The molecule has 3 N–H and O–H groups in total. The smallest absolute Gasteiger partial charge is 0.192 e. The van der Waals surface area contributed by atoms with Crippen molar-refractivity contribution in [2.75, 3.05) is 26.4 Å². The Morgan fingerprint density at radius 3 is 3.10 bits per heavy atom. The zero-order chi connectivity index (χ0) is 15.7. The van der Waals surface area contributed by atoms with Crippen LogP contribution in [0.2, 0.25) is 0 Å². The van der Waals surface area contributed by atoms with Gasteiger partial charge in [-0.15, -0.1) is 5.53 Å². The zero-order valence-corrected chi connectivity index (χ0v) is 11.8. The standard InChI is InChI=1S/C11H20N6O4/c1-3-15(9-12-17(19)20)5-10-6-16(14-13-10)11(7-18)8-21-4-2/h3,6,9,11,13-14,18H,1,4-5,7-8H2,2H3/b12-9-. The van der Waals surface area contributed by atoms with E-state index >= 15 is 0 Å². The van der Waals surface area contributed by atoms with Crippen molar-refractivity contribution in [3.05, 3.63) is 34.8 Å². The number of hydrazine groups is 2. The summed E-state index contributed by atoms with van der Waals surface area (Å²) < 4.78 is 5.28. The molecule has 1 aliphatic rings. The molecule has 1 unspecified atom stereocenters. The molecule has 0 spiro atoms. The number of nitrogens with zero attached hydrogens (tertiary/aromatic N) is 4. The largest absolute Gasteiger partial charge is 0.394 e. The summed E-state index contributed by atoms with van der Waals surface area (Å²) >= 11 is 0. The molecule has 1 rings (SSSR count). The molecule has 0 aromatic rings. The highest BCUT2D eigenvalue weighted by atomic mass is 16.7. The number of aliphatic hydroxyl groups excluding tert-OH is 1. The molecule has 0 saturated carbocycles. The van der Waals surface area contributed by atoms with Crippen molar-refractivity contribution in [2.45, 2.75) is 13.0 Å². The molecular weight excluding hydrogens is 280 g/mol. The molecule has 10 heteroatoms. The summed E-state index contributed by atoms with van der Waals surface area (Å²) in [6, 6.07) is -0.237. The summed E-state index contributed by atoms with van der Waals surface area (Å²) in [5.74, 6) is 0. The minimum absolute atomic E-state index is 0.0770. The predicted octanol–water partition coefficient (Wildman–Crippen LogP) is -0.784. The van der Waals surface area contributed by atoms with Crippen LogP contribution in [0.3, 0.4) is 0 Å². The van der Waals surface area contributed by atoms with Crippen LogP contribution in [0.4, 0.5) is 0 Å². The minimum Gasteiger partial charge on any atom is -0.394 e. The van der Waals surface area contributed by atoms with Crippen molar-refractivity contribution >= 4 is 6.34 Å². The molecule has 0 fully saturated rings. The molecule has 0 radical (unpaired) electrons. The average molecular weight is 300 g/mol. The van der Waals surface area contributed by atoms with Gasteiger partial charge in [0.15, 0.2) is 11.4 Å². The third-order valence-corrected chi connectivity index (χ3v) is 2.64. The van der Waals surface area contributed by atoms with E-state index in [0.29, 0.717) is 19.8 Å². The van der Waals surface area contributed by atoms with Crippen LogP contribution in [-0.2, 0) is 4.74 Å². The normalized spacial score (nSPS) is 15.7. The van der Waals surface area contributed by atoms with Gasteiger partial charge in [-0.05, 0) is 13.1 Å². The van der Waals surface area contributed by atoms with Gasteiger partial charge in [-0.1, -0.05) is 6.58 Å². The molecule has 0 aromatic heterocycles. The molecule has 0 aliphatic carbocycles. The highest BCUT2D eigenvalue weighted by molar-refractivity contribution is 5.56. The van der Waals surface area contributed by atoms with E-state index in [0.717, 1.165) is 12.0 Å². The first kappa shape index (κ1) is 16.9. The lowest BCUT2D eigenvalue weighted by Crippen LogP contribution is -2.47. The first-order valence-corrected chi connectivity index (χ1v) is 6.36. The molecule has 10 nitrogen and oxygen atoms in total. The molecule has 118 valence electrons. The van der Waals surface area contributed by atoms with Crippen molar-refractivity contribution < 1.29 is 14.9 Å². The van der Waals surface area contributed by atoms with Gasteiger partial charge in [0.25, 0.3) is 0 Å². The van der Waals surface area contributed by atoms with Crippen molar-refractivity contribution in [2.24, 2.45) is 5.10 Å². The Labute approximate surface area is 122 Å². The summed E-state index contributed by atoms with van der Waals surface area (Å²) in [6.45, 7) is 6.61. The van der Waals surface area contributed by atoms with Crippen LogP contribution < -0.4 is 11.0 Å². The summed E-state index contributed by atoms with van der Waals surface area (Å²) in [4.78, 5) is 11.6. The van der Waals surface area contributed by atoms with Crippen LogP contribution in [0.5, 0.6) is 0 Å². The Hall–Kier alpha value is -2.17. The van der Waals surface area contributed by atoms with E-state index < -0.39 is 5.03 Å². The number of nitro groups is 1. The number of aliphatic hydroxyl groups is 1. The second kappa shape index (κ2) is 8.89. The van der Waals surface area contributed by atoms with Crippen molar-refractivity contribution in [3.63, 3.8) is 0 Å². The number of nitrogens with one attached hydrogen (secondary N) is 2. The Morgan fingerprint density at radius 1 is 1.76 bits per heavy atom. The third kappa shape index (κ3) is 5.77. The van der Waals surface area contributed by atoms with Crippen molar-refractivity contribution in [1.29, 1.82) is 0 Å². The quantitative estimate of drug-likeness (QED) is 0.208. The third-order valence-electron chi connectivity index (χ3n) is 2.64. The van der Waals surface area contributed by atoms with Crippen molar-refractivity contribution in [1.82, 2.24) is 20.9 Å². The summed E-state index contributed by atoms with van der Waals surface area (Å²) in [5, 5.41) is 23.5. The van der Waals surface area contributed by atoms with Crippen LogP contribution >= 0.6 is 0 Å². The van der Waals surface area contributed by atoms with Gasteiger partial charge in [0, 0.05) is 12.8 Å². The lowest BCUT2D eigenvalue weighted by atomic mass is 10.3. The molecule has 1 heterocycles. The number of rotatable bonds is 10. The Bertz CT molecular complexity index is 414. The fourth-order valence-corrected chi connectivity index (χ4v) is 1.58. The Morgan fingerprint density at radius 2 is 2.52 bits per heavy atom. The maximum Gasteiger partial charge on any atom is 0.192 e. The monoisotopic (exact) mass is 300 g/mol. The topological polar surface area (TPSA) is 116 Å². The van der Waals surface area contributed by atoms with Crippen LogP contribution in [0.15, 0.2) is 29.8 Å². The molecule has 1 aliphatic heterocycles. The Balaban J connectivity index is 2.57. The first-order valence-electron chi connectivity index (χ1n) is 6.36.